The van der Waals surface area contributed by atoms with Crippen molar-refractivity contribution in [3.63, 3.8) is 0 Å². The fourth-order valence-corrected chi connectivity index (χ4v) is 4.46. The number of hydrogen-bond acceptors (Lipinski definition) is 2. The highest BCUT2D eigenvalue weighted by atomic mass is 15.1. The molecule has 3 nitrogen and oxygen atoms in total. The van der Waals surface area contributed by atoms with Gasteiger partial charge in [-0.1, -0.05) is 56.3 Å². The van der Waals surface area contributed by atoms with Gasteiger partial charge in [-0.3, -0.25) is 0 Å². The van der Waals surface area contributed by atoms with Crippen LogP contribution in [0, 0.1) is 0 Å². The molecule has 0 fully saturated rings. The van der Waals surface area contributed by atoms with Crippen LogP contribution < -0.4 is 5.32 Å². The average molecular weight is 348 g/mol. The molecule has 2 N–H and O–H groups in total. The minimum atomic E-state index is 0.341. The summed E-state index contributed by atoms with van der Waals surface area (Å²) in [5.41, 5.74) is 7.00. The van der Waals surface area contributed by atoms with E-state index in [4.69, 9.17) is 0 Å². The number of aromatic amines is 1. The number of rotatable bonds is 4. The van der Waals surface area contributed by atoms with E-state index in [1.807, 2.05) is 0 Å². The Morgan fingerprint density at radius 1 is 1.08 bits per heavy atom. The van der Waals surface area contributed by atoms with Crippen molar-refractivity contribution in [2.75, 3.05) is 13.6 Å². The molecular formula is C23H29N3. The quantitative estimate of drug-likeness (QED) is 0.710. The average Bonchev–Trinajstić information content (AvgIpc) is 3.06. The molecule has 2 atom stereocenters. The zero-order chi connectivity index (χ0) is 18.3. The first-order chi connectivity index (χ1) is 12.5. The molecule has 26 heavy (non-hydrogen) atoms. The van der Waals surface area contributed by atoms with Gasteiger partial charge in [0.2, 0.25) is 0 Å². The fourth-order valence-electron chi connectivity index (χ4n) is 4.46. The van der Waals surface area contributed by atoms with Crippen LogP contribution in [0.25, 0.3) is 10.9 Å². The van der Waals surface area contributed by atoms with Crippen LogP contribution in [0.2, 0.25) is 0 Å². The molecule has 3 aromatic rings. The summed E-state index contributed by atoms with van der Waals surface area (Å²) in [6.07, 6.45) is 2.19. The first-order valence-corrected chi connectivity index (χ1v) is 9.67. The van der Waals surface area contributed by atoms with Gasteiger partial charge in [-0.2, -0.15) is 0 Å². The summed E-state index contributed by atoms with van der Waals surface area (Å²) < 4.78 is 0. The molecule has 2 heterocycles. The van der Waals surface area contributed by atoms with Gasteiger partial charge in [0.15, 0.2) is 0 Å². The summed E-state index contributed by atoms with van der Waals surface area (Å²) in [5, 5.41) is 4.98. The van der Waals surface area contributed by atoms with Crippen molar-refractivity contribution < 1.29 is 0 Å². The van der Waals surface area contributed by atoms with E-state index in [9.17, 15) is 0 Å². The van der Waals surface area contributed by atoms with Gasteiger partial charge in [0, 0.05) is 42.7 Å². The predicted octanol–water partition coefficient (Wildman–Crippen LogP) is 4.80. The van der Waals surface area contributed by atoms with E-state index >= 15 is 0 Å². The molecule has 2 unspecified atom stereocenters. The van der Waals surface area contributed by atoms with E-state index in [1.165, 1.54) is 33.2 Å². The lowest BCUT2D eigenvalue weighted by Gasteiger charge is -2.33. The molecule has 1 aromatic heterocycles. The van der Waals surface area contributed by atoms with Crippen molar-refractivity contribution in [3.05, 3.63) is 70.9 Å². The Bertz CT molecular complexity index is 894. The van der Waals surface area contributed by atoms with Crippen molar-refractivity contribution >= 4 is 10.9 Å². The van der Waals surface area contributed by atoms with E-state index in [1.54, 1.807) is 0 Å². The van der Waals surface area contributed by atoms with Crippen LogP contribution in [0.3, 0.4) is 0 Å². The molecule has 4 rings (SSSR count). The van der Waals surface area contributed by atoms with Crippen molar-refractivity contribution in [2.24, 2.45) is 0 Å². The van der Waals surface area contributed by atoms with Crippen molar-refractivity contribution in [1.29, 1.82) is 0 Å². The first-order valence-electron chi connectivity index (χ1n) is 9.67. The molecule has 0 saturated heterocycles. The number of nitrogens with one attached hydrogen (secondary N) is 2. The zero-order valence-corrected chi connectivity index (χ0v) is 16.2. The van der Waals surface area contributed by atoms with Gasteiger partial charge in [0.1, 0.15) is 0 Å². The number of H-pyrrole nitrogens is 1. The zero-order valence-electron chi connectivity index (χ0n) is 16.2. The maximum Gasteiger partial charge on any atom is 0.0506 e. The first kappa shape index (κ1) is 17.3. The van der Waals surface area contributed by atoms with Crippen LogP contribution in [-0.4, -0.2) is 29.5 Å². The van der Waals surface area contributed by atoms with Crippen molar-refractivity contribution in [2.45, 2.75) is 45.3 Å². The third-order valence-electron chi connectivity index (χ3n) is 5.58. The van der Waals surface area contributed by atoms with Gasteiger partial charge < -0.3 is 15.2 Å². The Morgan fingerprint density at radius 3 is 2.58 bits per heavy atom. The van der Waals surface area contributed by atoms with Gasteiger partial charge in [0.25, 0.3) is 0 Å². The normalized spacial score (nSPS) is 19.0. The third kappa shape index (κ3) is 3.06. The largest absolute Gasteiger partial charge is 0.361 e. The lowest BCUT2D eigenvalue weighted by molar-refractivity contribution is 0.296. The van der Waals surface area contributed by atoms with Gasteiger partial charge in [-0.15, -0.1) is 0 Å². The Balaban J connectivity index is 1.80. The smallest absolute Gasteiger partial charge is 0.0506 e. The van der Waals surface area contributed by atoms with Crippen LogP contribution in [0.5, 0.6) is 0 Å². The molecule has 2 aromatic carbocycles. The summed E-state index contributed by atoms with van der Waals surface area (Å²) in [7, 11) is 2.23. The van der Waals surface area contributed by atoms with E-state index in [-0.39, 0.29) is 0 Å². The maximum atomic E-state index is 3.63. The van der Waals surface area contributed by atoms with E-state index < -0.39 is 0 Å². The van der Waals surface area contributed by atoms with Crippen LogP contribution in [0.1, 0.15) is 55.0 Å². The number of benzene rings is 2. The molecule has 0 amide bonds. The molecule has 0 aliphatic carbocycles. The number of aromatic nitrogens is 1. The second-order valence-corrected chi connectivity index (χ2v) is 8.00. The van der Waals surface area contributed by atoms with Gasteiger partial charge in [0.05, 0.1) is 5.52 Å². The maximum absolute atomic E-state index is 3.63. The lowest BCUT2D eigenvalue weighted by atomic mass is 9.83. The van der Waals surface area contributed by atoms with Crippen LogP contribution in [0.15, 0.2) is 48.7 Å². The topological polar surface area (TPSA) is 31.1 Å². The second kappa shape index (κ2) is 6.90. The van der Waals surface area contributed by atoms with E-state index in [0.717, 1.165) is 13.1 Å². The SMILES string of the molecule is CC(C)NC(C)c1c[nH]c2c3c(ccc12)C(c1ccccc1)CN(C)C3. The van der Waals surface area contributed by atoms with Crippen molar-refractivity contribution in [1.82, 2.24) is 15.2 Å². The molecule has 3 heteroatoms. The Morgan fingerprint density at radius 2 is 1.85 bits per heavy atom. The van der Waals surface area contributed by atoms with Gasteiger partial charge in [-0.25, -0.2) is 0 Å². The van der Waals surface area contributed by atoms with Gasteiger partial charge in [-0.05, 0) is 36.2 Å². The summed E-state index contributed by atoms with van der Waals surface area (Å²) in [6, 6.07) is 16.4. The number of fused-ring (bicyclic) bond motifs is 3. The summed E-state index contributed by atoms with van der Waals surface area (Å²) >= 11 is 0. The van der Waals surface area contributed by atoms with Gasteiger partial charge >= 0.3 is 0 Å². The number of hydrogen-bond donors (Lipinski definition) is 2. The highest BCUT2D eigenvalue weighted by Gasteiger charge is 2.27. The third-order valence-corrected chi connectivity index (χ3v) is 5.58. The highest BCUT2D eigenvalue weighted by molar-refractivity contribution is 5.88. The minimum Gasteiger partial charge on any atom is -0.361 e. The predicted molar refractivity (Wildman–Crippen MR) is 110 cm³/mol. The molecule has 1 aliphatic rings. The molecular weight excluding hydrogens is 318 g/mol. The van der Waals surface area contributed by atoms with E-state index in [2.05, 4.69) is 91.7 Å². The van der Waals surface area contributed by atoms with Crippen LogP contribution in [-0.2, 0) is 6.54 Å². The fraction of sp³-hybridized carbons (Fsp3) is 0.391. The molecule has 0 bridgehead atoms. The van der Waals surface area contributed by atoms with E-state index in [0.29, 0.717) is 18.0 Å². The highest BCUT2D eigenvalue weighted by Crippen LogP contribution is 2.38. The second-order valence-electron chi connectivity index (χ2n) is 8.00. The standard InChI is InChI=1S/C23H29N3/c1-15(2)25-16(3)20-12-24-23-19(20)11-10-18-21(13-26(4)14-22(18)23)17-8-6-5-7-9-17/h5-12,15-16,21,24-25H,13-14H2,1-4H3. The molecule has 0 spiro atoms. The lowest BCUT2D eigenvalue weighted by Crippen LogP contribution is -2.31. The Kier molecular flexibility index (Phi) is 4.60. The molecule has 1 aliphatic heterocycles. The number of nitrogens with zero attached hydrogens (tertiary/aromatic N) is 1. The Labute approximate surface area is 156 Å². The van der Waals surface area contributed by atoms with Crippen LogP contribution >= 0.6 is 0 Å². The monoisotopic (exact) mass is 347 g/mol. The number of likely N-dealkylation sites (N-methyl/N-ethyl adjacent to an activating group) is 1. The summed E-state index contributed by atoms with van der Waals surface area (Å²) in [5.74, 6) is 0.437. The molecule has 0 radical (unpaired) electrons. The Hall–Kier alpha value is -2.10. The molecule has 136 valence electrons. The summed E-state index contributed by atoms with van der Waals surface area (Å²) in [6.45, 7) is 8.73. The molecule has 0 saturated carbocycles. The summed E-state index contributed by atoms with van der Waals surface area (Å²) in [4.78, 5) is 6.04. The van der Waals surface area contributed by atoms with Crippen molar-refractivity contribution in [3.8, 4) is 0 Å². The van der Waals surface area contributed by atoms with Crippen LogP contribution in [0.4, 0.5) is 0 Å². The minimum absolute atomic E-state index is 0.341.